The summed E-state index contributed by atoms with van der Waals surface area (Å²) < 4.78 is 54.1. The van der Waals surface area contributed by atoms with E-state index in [2.05, 4.69) is 15.2 Å². The molecule has 0 unspecified atom stereocenters. The predicted octanol–water partition coefficient (Wildman–Crippen LogP) is 1.22. The molecule has 2 aromatic rings. The van der Waals surface area contributed by atoms with E-state index in [1.807, 2.05) is 45.0 Å². The minimum absolute atomic E-state index is 0.0560. The summed E-state index contributed by atoms with van der Waals surface area (Å²) in [6.07, 6.45) is 2.06. The molecule has 1 aromatic heterocycles. The Balaban J connectivity index is 1.99. The van der Waals surface area contributed by atoms with Gasteiger partial charge >= 0.3 is 10.2 Å². The van der Waals surface area contributed by atoms with Gasteiger partial charge in [0.05, 0.1) is 6.54 Å². The number of hydrogen-bond acceptors (Lipinski definition) is 8. The Kier molecular flexibility index (Phi) is 7.03. The molecule has 1 aliphatic rings. The summed E-state index contributed by atoms with van der Waals surface area (Å²) in [7, 11) is -5.53. The first-order chi connectivity index (χ1) is 14.9. The molecule has 0 bridgehead atoms. The lowest BCUT2D eigenvalue weighted by molar-refractivity contribution is 0.0854. The number of aromatic nitrogens is 3. The fourth-order valence-corrected chi connectivity index (χ4v) is 5.10. The predicted molar refractivity (Wildman–Crippen MR) is 119 cm³/mol. The van der Waals surface area contributed by atoms with Crippen molar-refractivity contribution in [1.82, 2.24) is 22.8 Å². The molecule has 0 atom stereocenters. The highest BCUT2D eigenvalue weighted by Gasteiger charge is 2.41. The summed E-state index contributed by atoms with van der Waals surface area (Å²) in [6.45, 7) is 5.51. The van der Waals surface area contributed by atoms with Crippen molar-refractivity contribution < 1.29 is 21.7 Å². The van der Waals surface area contributed by atoms with Gasteiger partial charge in [-0.2, -0.15) is 17.0 Å². The lowest BCUT2D eigenvalue weighted by atomic mass is 10.0. The largest absolute Gasteiger partial charge is 0.393 e. The van der Waals surface area contributed by atoms with Crippen LogP contribution in [0.2, 0.25) is 0 Å². The SMILES string of the molecule is Cc1ccccc1/C(CN(C1CC1)S(=O)(=O)c1ncn(S(=O)(=O)N(C)C)n1)=N/OC(C)C. The summed E-state index contributed by atoms with van der Waals surface area (Å²) in [5, 5.41) is 7.41. The standard InChI is InChI=1S/C19H28N6O5S2/c1-14(2)30-22-18(17-9-7-6-8-15(17)3)12-24(16-10-11-16)31(26,27)19-20-13-25(21-19)32(28,29)23(4)5/h6-9,13-14,16H,10-12H2,1-5H3/b22-18+. The Morgan fingerprint density at radius 2 is 1.88 bits per heavy atom. The third kappa shape index (κ3) is 5.17. The van der Waals surface area contributed by atoms with Crippen molar-refractivity contribution in [2.45, 2.75) is 50.9 Å². The molecule has 0 saturated heterocycles. The highest BCUT2D eigenvalue weighted by atomic mass is 32.2. The average Bonchev–Trinajstić information content (AvgIpc) is 3.41. The van der Waals surface area contributed by atoms with Crippen LogP contribution in [0, 0.1) is 6.92 Å². The molecule has 32 heavy (non-hydrogen) atoms. The van der Waals surface area contributed by atoms with Crippen LogP contribution in [-0.2, 0) is 25.1 Å². The molecule has 1 saturated carbocycles. The molecule has 11 nitrogen and oxygen atoms in total. The maximum Gasteiger partial charge on any atom is 0.323 e. The molecule has 0 amide bonds. The molecule has 176 valence electrons. The van der Waals surface area contributed by atoms with E-state index in [1.54, 1.807) is 0 Å². The normalized spacial score (nSPS) is 15.7. The van der Waals surface area contributed by atoms with E-state index in [1.165, 1.54) is 18.4 Å². The first kappa shape index (κ1) is 24.3. The van der Waals surface area contributed by atoms with Gasteiger partial charge in [0, 0.05) is 25.7 Å². The summed E-state index contributed by atoms with van der Waals surface area (Å²) >= 11 is 0. The smallest absolute Gasteiger partial charge is 0.323 e. The van der Waals surface area contributed by atoms with Gasteiger partial charge < -0.3 is 4.84 Å². The van der Waals surface area contributed by atoms with Crippen LogP contribution in [0.15, 0.2) is 40.9 Å². The highest BCUT2D eigenvalue weighted by Crippen LogP contribution is 2.31. The molecule has 13 heteroatoms. The lowest BCUT2D eigenvalue weighted by Gasteiger charge is -2.22. The first-order valence-electron chi connectivity index (χ1n) is 10.1. The van der Waals surface area contributed by atoms with Crippen molar-refractivity contribution in [2.24, 2.45) is 5.16 Å². The summed E-state index contributed by atoms with van der Waals surface area (Å²) in [5.41, 5.74) is 2.14. The van der Waals surface area contributed by atoms with Crippen molar-refractivity contribution in [3.8, 4) is 0 Å². The van der Waals surface area contributed by atoms with Crippen LogP contribution < -0.4 is 0 Å². The van der Waals surface area contributed by atoms with Gasteiger partial charge in [0.15, 0.2) is 0 Å². The van der Waals surface area contributed by atoms with E-state index in [4.69, 9.17) is 4.84 Å². The monoisotopic (exact) mass is 484 g/mol. The van der Waals surface area contributed by atoms with Crippen molar-refractivity contribution in [3.05, 3.63) is 41.7 Å². The van der Waals surface area contributed by atoms with Gasteiger partial charge in [-0.25, -0.2) is 13.4 Å². The maximum absolute atomic E-state index is 13.4. The number of hydrogen-bond donors (Lipinski definition) is 0. The molecular weight excluding hydrogens is 456 g/mol. The van der Waals surface area contributed by atoms with Crippen molar-refractivity contribution in [2.75, 3.05) is 20.6 Å². The Labute approximate surface area is 188 Å². The summed E-state index contributed by atoms with van der Waals surface area (Å²) in [6, 6.07) is 7.25. The van der Waals surface area contributed by atoms with E-state index in [0.29, 0.717) is 22.6 Å². The second-order valence-corrected chi connectivity index (χ2v) is 11.8. The maximum atomic E-state index is 13.4. The van der Waals surface area contributed by atoms with Crippen LogP contribution in [0.3, 0.4) is 0 Å². The quantitative estimate of drug-likeness (QED) is 0.366. The van der Waals surface area contributed by atoms with Crippen molar-refractivity contribution >= 4 is 25.9 Å². The third-order valence-electron chi connectivity index (χ3n) is 4.78. The van der Waals surface area contributed by atoms with Crippen LogP contribution in [-0.4, -0.2) is 78.1 Å². The van der Waals surface area contributed by atoms with Crippen molar-refractivity contribution in [3.63, 3.8) is 0 Å². The highest BCUT2D eigenvalue weighted by molar-refractivity contribution is 7.89. The molecule has 1 aromatic carbocycles. The van der Waals surface area contributed by atoms with Gasteiger partial charge in [-0.05, 0) is 39.2 Å². The summed E-state index contributed by atoms with van der Waals surface area (Å²) in [5.74, 6) is 0. The van der Waals surface area contributed by atoms with Crippen LogP contribution in [0.5, 0.6) is 0 Å². The second-order valence-electron chi connectivity index (χ2n) is 7.98. The zero-order valence-corrected chi connectivity index (χ0v) is 20.3. The number of rotatable bonds is 10. The van der Waals surface area contributed by atoms with Gasteiger partial charge in [0.1, 0.15) is 18.1 Å². The van der Waals surface area contributed by atoms with E-state index in [0.717, 1.165) is 21.8 Å². The number of nitrogens with zero attached hydrogens (tertiary/aromatic N) is 6. The molecular formula is C19H28N6O5S2. The van der Waals surface area contributed by atoms with Gasteiger partial charge in [0.25, 0.3) is 15.2 Å². The Hall–Kier alpha value is -2.35. The van der Waals surface area contributed by atoms with E-state index >= 15 is 0 Å². The summed E-state index contributed by atoms with van der Waals surface area (Å²) in [4.78, 5) is 9.24. The lowest BCUT2D eigenvalue weighted by Crippen LogP contribution is -2.39. The first-order valence-corrected chi connectivity index (χ1v) is 12.9. The average molecular weight is 485 g/mol. The van der Waals surface area contributed by atoms with Crippen LogP contribution in [0.25, 0.3) is 0 Å². The van der Waals surface area contributed by atoms with Gasteiger partial charge in [0.2, 0.25) is 0 Å². The molecule has 0 N–H and O–H groups in total. The molecule has 0 radical (unpaired) electrons. The fourth-order valence-electron chi connectivity index (χ4n) is 2.89. The topological polar surface area (TPSA) is 127 Å². The van der Waals surface area contributed by atoms with Crippen LogP contribution in [0.1, 0.15) is 37.8 Å². The zero-order chi connectivity index (χ0) is 23.7. The molecule has 1 fully saturated rings. The Morgan fingerprint density at radius 1 is 1.22 bits per heavy atom. The third-order valence-corrected chi connectivity index (χ3v) is 8.04. The van der Waals surface area contributed by atoms with Gasteiger partial charge in [-0.15, -0.1) is 9.19 Å². The van der Waals surface area contributed by atoms with Gasteiger partial charge in [-0.3, -0.25) is 0 Å². The van der Waals surface area contributed by atoms with Crippen molar-refractivity contribution in [1.29, 1.82) is 0 Å². The molecule has 0 spiro atoms. The number of aryl methyl sites for hydroxylation is 1. The minimum Gasteiger partial charge on any atom is -0.393 e. The Morgan fingerprint density at radius 3 is 2.44 bits per heavy atom. The number of benzene rings is 1. The van der Waals surface area contributed by atoms with E-state index < -0.39 is 25.4 Å². The van der Waals surface area contributed by atoms with Crippen LogP contribution in [0.4, 0.5) is 0 Å². The van der Waals surface area contributed by atoms with E-state index in [-0.39, 0.29) is 18.7 Å². The fraction of sp³-hybridized carbons (Fsp3) is 0.526. The Bertz CT molecular complexity index is 1200. The molecule has 1 heterocycles. The van der Waals surface area contributed by atoms with E-state index in [9.17, 15) is 16.8 Å². The van der Waals surface area contributed by atoms with Gasteiger partial charge in [-0.1, -0.05) is 29.4 Å². The number of oxime groups is 1. The molecule has 3 rings (SSSR count). The minimum atomic E-state index is -4.19. The molecule has 0 aliphatic heterocycles. The number of sulfonamides is 1. The second kappa shape index (κ2) is 9.25. The van der Waals surface area contributed by atoms with Crippen LogP contribution >= 0.6 is 0 Å². The zero-order valence-electron chi connectivity index (χ0n) is 18.7. The molecule has 1 aliphatic carbocycles.